The first-order valence-corrected chi connectivity index (χ1v) is 9.69. The van der Waals surface area contributed by atoms with Crippen LogP contribution in [0.1, 0.15) is 19.4 Å². The molecule has 0 aromatic heterocycles. The molecule has 1 saturated heterocycles. The van der Waals surface area contributed by atoms with Gasteiger partial charge in [-0.2, -0.15) is 0 Å². The van der Waals surface area contributed by atoms with Gasteiger partial charge in [0, 0.05) is 5.56 Å². The summed E-state index contributed by atoms with van der Waals surface area (Å²) in [7, 11) is 1.59. The molecule has 0 aliphatic carbocycles. The second-order valence-electron chi connectivity index (χ2n) is 5.88. The maximum absolute atomic E-state index is 12.9. The highest BCUT2D eigenvalue weighted by atomic mass is 32.2. The van der Waals surface area contributed by atoms with Gasteiger partial charge in [-0.3, -0.25) is 9.69 Å². The number of benzene rings is 2. The lowest BCUT2D eigenvalue weighted by Gasteiger charge is -2.21. The highest BCUT2D eigenvalue weighted by molar-refractivity contribution is 8.26. The summed E-state index contributed by atoms with van der Waals surface area (Å²) in [5.41, 5.74) is 0.805. The van der Waals surface area contributed by atoms with Crippen LogP contribution in [0.2, 0.25) is 0 Å². The normalized spacial score (nSPS) is 16.9. The number of esters is 1. The van der Waals surface area contributed by atoms with Crippen molar-refractivity contribution in [2.45, 2.75) is 19.9 Å². The predicted molar refractivity (Wildman–Crippen MR) is 112 cm³/mol. The third-order valence-corrected chi connectivity index (χ3v) is 5.59. The Morgan fingerprint density at radius 3 is 2.74 bits per heavy atom. The molecule has 0 saturated carbocycles. The molecule has 1 heterocycles. The second-order valence-corrected chi connectivity index (χ2v) is 7.56. The van der Waals surface area contributed by atoms with Gasteiger partial charge in [0.2, 0.25) is 0 Å². The lowest BCUT2D eigenvalue weighted by Crippen LogP contribution is -2.42. The molecule has 2 aromatic rings. The topological polar surface area (TPSA) is 55.8 Å². The van der Waals surface area contributed by atoms with Crippen LogP contribution in [0, 0.1) is 0 Å². The van der Waals surface area contributed by atoms with Gasteiger partial charge in [0.1, 0.15) is 16.1 Å². The molecule has 1 amide bonds. The number of carbonyl (C=O) groups is 2. The van der Waals surface area contributed by atoms with E-state index in [9.17, 15) is 9.59 Å². The van der Waals surface area contributed by atoms with Crippen LogP contribution in [0.3, 0.4) is 0 Å². The predicted octanol–water partition coefficient (Wildman–Crippen LogP) is 4.00. The fourth-order valence-corrected chi connectivity index (χ4v) is 4.32. The van der Waals surface area contributed by atoms with Crippen molar-refractivity contribution in [2.75, 3.05) is 13.7 Å². The van der Waals surface area contributed by atoms with Crippen LogP contribution < -0.4 is 4.74 Å². The van der Waals surface area contributed by atoms with Gasteiger partial charge in [0.05, 0.1) is 18.6 Å². The van der Waals surface area contributed by atoms with E-state index in [2.05, 4.69) is 0 Å². The number of carbonyl (C=O) groups excluding carboxylic acids is 2. The zero-order chi connectivity index (χ0) is 19.6. The van der Waals surface area contributed by atoms with Crippen molar-refractivity contribution < 1.29 is 19.1 Å². The van der Waals surface area contributed by atoms with Crippen LogP contribution in [-0.4, -0.2) is 40.9 Å². The maximum Gasteiger partial charge on any atom is 0.329 e. The monoisotopic (exact) mass is 401 g/mol. The minimum absolute atomic E-state index is 0.251. The molecular formula is C20H19NO4S2. The van der Waals surface area contributed by atoms with Gasteiger partial charge in [-0.25, -0.2) is 4.79 Å². The first kappa shape index (κ1) is 19.4. The molecule has 7 heteroatoms. The Morgan fingerprint density at radius 2 is 2.04 bits per heavy atom. The second kappa shape index (κ2) is 8.10. The van der Waals surface area contributed by atoms with Crippen molar-refractivity contribution >= 4 is 57.0 Å². The van der Waals surface area contributed by atoms with Crippen molar-refractivity contribution in [1.29, 1.82) is 0 Å². The molecule has 27 heavy (non-hydrogen) atoms. The van der Waals surface area contributed by atoms with E-state index >= 15 is 0 Å². The molecule has 0 spiro atoms. The van der Waals surface area contributed by atoms with Gasteiger partial charge < -0.3 is 9.47 Å². The van der Waals surface area contributed by atoms with E-state index < -0.39 is 12.0 Å². The first-order chi connectivity index (χ1) is 13.0. The van der Waals surface area contributed by atoms with Crippen molar-refractivity contribution in [1.82, 2.24) is 4.90 Å². The number of thiocarbonyl (C=S) groups is 1. The molecule has 5 nitrogen and oxygen atoms in total. The molecule has 0 N–H and O–H groups in total. The van der Waals surface area contributed by atoms with E-state index in [1.54, 1.807) is 27.0 Å². The van der Waals surface area contributed by atoms with E-state index in [-0.39, 0.29) is 12.5 Å². The average Bonchev–Trinajstić information content (AvgIpc) is 2.95. The van der Waals surface area contributed by atoms with Crippen LogP contribution in [0.25, 0.3) is 16.8 Å². The van der Waals surface area contributed by atoms with Crippen LogP contribution in [-0.2, 0) is 14.3 Å². The standard InChI is InChI=1S/C20H19NO4S2/c1-4-25-19(23)12(2)21-18(22)17(27-20(21)26)11-15-14-8-6-5-7-13(14)9-10-16(15)24-3/h5-12H,4H2,1-3H3/b17-11-. The summed E-state index contributed by atoms with van der Waals surface area (Å²) in [6, 6.07) is 11.0. The SMILES string of the molecule is CCOC(=O)C(C)N1C(=O)/C(=C/c2c(OC)ccc3ccccc23)SC1=S. The Kier molecular flexibility index (Phi) is 5.82. The lowest BCUT2D eigenvalue weighted by molar-refractivity contribution is -0.149. The highest BCUT2D eigenvalue weighted by Gasteiger charge is 2.39. The highest BCUT2D eigenvalue weighted by Crippen LogP contribution is 2.37. The zero-order valence-electron chi connectivity index (χ0n) is 15.2. The number of ether oxygens (including phenoxy) is 2. The molecule has 2 aromatic carbocycles. The van der Waals surface area contributed by atoms with E-state index in [0.29, 0.717) is 15.0 Å². The Balaban J connectivity index is 2.02. The third kappa shape index (κ3) is 3.70. The minimum Gasteiger partial charge on any atom is -0.496 e. The molecule has 1 atom stereocenters. The minimum atomic E-state index is -0.766. The summed E-state index contributed by atoms with van der Waals surface area (Å²) < 4.78 is 10.8. The van der Waals surface area contributed by atoms with E-state index in [1.165, 1.54) is 16.7 Å². The largest absolute Gasteiger partial charge is 0.496 e. The van der Waals surface area contributed by atoms with Gasteiger partial charge >= 0.3 is 5.97 Å². The third-order valence-electron chi connectivity index (χ3n) is 4.26. The number of hydrogen-bond acceptors (Lipinski definition) is 6. The Hall–Kier alpha value is -2.38. The number of nitrogens with zero attached hydrogens (tertiary/aromatic N) is 1. The number of thioether (sulfide) groups is 1. The quantitative estimate of drug-likeness (QED) is 0.429. The van der Waals surface area contributed by atoms with Crippen LogP contribution in [0.5, 0.6) is 5.75 Å². The molecule has 0 radical (unpaired) electrons. The molecular weight excluding hydrogens is 382 g/mol. The first-order valence-electron chi connectivity index (χ1n) is 8.47. The van der Waals surface area contributed by atoms with Crippen molar-refractivity contribution in [3.8, 4) is 5.75 Å². The summed E-state index contributed by atoms with van der Waals surface area (Å²) in [4.78, 5) is 26.7. The average molecular weight is 402 g/mol. The summed E-state index contributed by atoms with van der Waals surface area (Å²) in [5, 5.41) is 2.01. The van der Waals surface area contributed by atoms with Crippen molar-refractivity contribution in [2.24, 2.45) is 0 Å². The smallest absolute Gasteiger partial charge is 0.329 e. The summed E-state index contributed by atoms with van der Waals surface area (Å²) >= 11 is 6.51. The Morgan fingerprint density at radius 1 is 1.30 bits per heavy atom. The number of fused-ring (bicyclic) bond motifs is 1. The number of hydrogen-bond donors (Lipinski definition) is 0. The molecule has 0 bridgehead atoms. The van der Waals surface area contributed by atoms with Crippen LogP contribution in [0.15, 0.2) is 41.3 Å². The van der Waals surface area contributed by atoms with E-state index in [4.69, 9.17) is 21.7 Å². The lowest BCUT2D eigenvalue weighted by atomic mass is 10.0. The van der Waals surface area contributed by atoms with Gasteiger partial charge in [0.15, 0.2) is 0 Å². The molecule has 140 valence electrons. The summed E-state index contributed by atoms with van der Waals surface area (Å²) in [5.74, 6) is -0.115. The molecule has 1 aliphatic rings. The maximum atomic E-state index is 12.9. The Bertz CT molecular complexity index is 954. The van der Waals surface area contributed by atoms with Crippen molar-refractivity contribution in [3.05, 3.63) is 46.9 Å². The van der Waals surface area contributed by atoms with E-state index in [0.717, 1.165) is 16.3 Å². The molecule has 1 aliphatic heterocycles. The summed E-state index contributed by atoms with van der Waals surface area (Å²) in [6.07, 6.45) is 1.78. The fourth-order valence-electron chi connectivity index (χ4n) is 2.92. The number of amides is 1. The molecule has 1 unspecified atom stereocenters. The number of methoxy groups -OCH3 is 1. The van der Waals surface area contributed by atoms with Gasteiger partial charge in [-0.05, 0) is 36.8 Å². The fraction of sp³-hybridized carbons (Fsp3) is 0.250. The Labute approximate surface area is 167 Å². The van der Waals surface area contributed by atoms with Crippen LogP contribution in [0.4, 0.5) is 0 Å². The van der Waals surface area contributed by atoms with Gasteiger partial charge in [-0.15, -0.1) is 0 Å². The molecule has 3 rings (SSSR count). The van der Waals surface area contributed by atoms with E-state index in [1.807, 2.05) is 36.4 Å². The van der Waals surface area contributed by atoms with Gasteiger partial charge in [0.25, 0.3) is 5.91 Å². The van der Waals surface area contributed by atoms with Crippen molar-refractivity contribution in [3.63, 3.8) is 0 Å². The molecule has 1 fully saturated rings. The summed E-state index contributed by atoms with van der Waals surface area (Å²) in [6.45, 7) is 3.59. The van der Waals surface area contributed by atoms with Crippen LogP contribution >= 0.6 is 24.0 Å². The van der Waals surface area contributed by atoms with Gasteiger partial charge in [-0.1, -0.05) is 54.3 Å². The number of rotatable bonds is 5. The zero-order valence-corrected chi connectivity index (χ0v) is 16.9.